The van der Waals surface area contributed by atoms with Crippen molar-refractivity contribution in [3.05, 3.63) is 0 Å². The number of hydrogen-bond acceptors (Lipinski definition) is 4. The maximum atomic E-state index is 9.32. The molecular formula is C13H29NO3. The fraction of sp³-hybridized carbons (Fsp3) is 1.00. The van der Waals surface area contributed by atoms with Crippen LogP contribution in [0.2, 0.25) is 0 Å². The van der Waals surface area contributed by atoms with Crippen molar-refractivity contribution in [3.8, 4) is 0 Å². The van der Waals surface area contributed by atoms with Gasteiger partial charge in [0.1, 0.15) is 0 Å². The first-order valence-corrected chi connectivity index (χ1v) is 6.54. The summed E-state index contributed by atoms with van der Waals surface area (Å²) < 4.78 is 10.6. The van der Waals surface area contributed by atoms with Gasteiger partial charge in [-0.1, -0.05) is 6.92 Å². The van der Waals surface area contributed by atoms with Gasteiger partial charge in [-0.25, -0.2) is 0 Å². The molecule has 0 radical (unpaired) electrons. The molecule has 0 rings (SSSR count). The first-order valence-electron chi connectivity index (χ1n) is 6.54. The molecule has 0 heterocycles. The van der Waals surface area contributed by atoms with Gasteiger partial charge in [-0.2, -0.15) is 0 Å². The van der Waals surface area contributed by atoms with Crippen LogP contribution < -0.4 is 5.32 Å². The van der Waals surface area contributed by atoms with Crippen molar-refractivity contribution in [1.29, 1.82) is 0 Å². The summed E-state index contributed by atoms with van der Waals surface area (Å²) in [6, 6.07) is 0. The van der Waals surface area contributed by atoms with Crippen LogP contribution in [0.1, 0.15) is 40.0 Å². The summed E-state index contributed by atoms with van der Waals surface area (Å²) in [4.78, 5) is 0. The zero-order valence-electron chi connectivity index (χ0n) is 11.8. The fourth-order valence-electron chi connectivity index (χ4n) is 1.83. The first-order chi connectivity index (χ1) is 8.08. The molecule has 0 fully saturated rings. The lowest BCUT2D eigenvalue weighted by Crippen LogP contribution is -2.45. The van der Waals surface area contributed by atoms with E-state index < -0.39 is 0 Å². The highest BCUT2D eigenvalue weighted by Crippen LogP contribution is 2.13. The van der Waals surface area contributed by atoms with Gasteiger partial charge in [0.15, 0.2) is 0 Å². The van der Waals surface area contributed by atoms with Gasteiger partial charge in [-0.3, -0.25) is 0 Å². The van der Waals surface area contributed by atoms with Crippen LogP contribution in [-0.4, -0.2) is 50.2 Å². The minimum atomic E-state index is -0.146. The number of aliphatic hydroxyl groups excluding tert-OH is 1. The summed E-state index contributed by atoms with van der Waals surface area (Å²) in [6.45, 7) is 8.61. The Morgan fingerprint density at radius 2 is 2.06 bits per heavy atom. The molecule has 17 heavy (non-hydrogen) atoms. The SMILES string of the molecule is CCNC(C)(CO)CCCCOC(C)COC. The van der Waals surface area contributed by atoms with Crippen LogP contribution in [0, 0.1) is 0 Å². The Bertz CT molecular complexity index is 178. The minimum Gasteiger partial charge on any atom is -0.394 e. The number of ether oxygens (including phenoxy) is 2. The van der Waals surface area contributed by atoms with E-state index in [1.54, 1.807) is 7.11 Å². The Kier molecular flexibility index (Phi) is 9.74. The molecule has 0 aliphatic heterocycles. The number of rotatable bonds is 11. The van der Waals surface area contributed by atoms with Gasteiger partial charge in [0.25, 0.3) is 0 Å². The van der Waals surface area contributed by atoms with Crippen molar-refractivity contribution in [3.63, 3.8) is 0 Å². The molecule has 0 aliphatic carbocycles. The average molecular weight is 247 g/mol. The Balaban J connectivity index is 3.55. The number of nitrogens with one attached hydrogen (secondary N) is 1. The molecule has 4 nitrogen and oxygen atoms in total. The molecule has 104 valence electrons. The third-order valence-corrected chi connectivity index (χ3v) is 2.88. The van der Waals surface area contributed by atoms with Crippen LogP contribution in [0.4, 0.5) is 0 Å². The number of hydrogen-bond donors (Lipinski definition) is 2. The highest BCUT2D eigenvalue weighted by molar-refractivity contribution is 4.81. The van der Waals surface area contributed by atoms with E-state index in [1.165, 1.54) is 0 Å². The van der Waals surface area contributed by atoms with E-state index in [1.807, 2.05) is 6.92 Å². The van der Waals surface area contributed by atoms with Crippen LogP contribution >= 0.6 is 0 Å². The molecule has 2 N–H and O–H groups in total. The van der Waals surface area contributed by atoms with Gasteiger partial charge in [0.05, 0.1) is 19.3 Å². The predicted molar refractivity (Wildman–Crippen MR) is 70.3 cm³/mol. The average Bonchev–Trinajstić information content (AvgIpc) is 2.29. The Labute approximate surface area is 106 Å². The predicted octanol–water partition coefficient (Wildman–Crippen LogP) is 1.57. The second-order valence-electron chi connectivity index (χ2n) is 4.84. The molecule has 0 aromatic rings. The van der Waals surface area contributed by atoms with Gasteiger partial charge in [0.2, 0.25) is 0 Å². The second-order valence-corrected chi connectivity index (χ2v) is 4.84. The topological polar surface area (TPSA) is 50.7 Å². The number of aliphatic hydroxyl groups is 1. The lowest BCUT2D eigenvalue weighted by Gasteiger charge is -2.28. The number of unbranched alkanes of at least 4 members (excludes halogenated alkanes) is 1. The molecule has 2 unspecified atom stereocenters. The van der Waals surface area contributed by atoms with Crippen LogP contribution in [-0.2, 0) is 9.47 Å². The van der Waals surface area contributed by atoms with Gasteiger partial charge in [0, 0.05) is 19.3 Å². The van der Waals surface area contributed by atoms with Crippen molar-refractivity contribution < 1.29 is 14.6 Å². The zero-order chi connectivity index (χ0) is 13.1. The van der Waals surface area contributed by atoms with Crippen LogP contribution in [0.5, 0.6) is 0 Å². The maximum Gasteiger partial charge on any atom is 0.0780 e. The van der Waals surface area contributed by atoms with Crippen LogP contribution in [0.15, 0.2) is 0 Å². The molecule has 0 saturated carbocycles. The second kappa shape index (κ2) is 9.83. The van der Waals surface area contributed by atoms with E-state index in [0.717, 1.165) is 32.4 Å². The van der Waals surface area contributed by atoms with Gasteiger partial charge in [-0.05, 0) is 39.7 Å². The van der Waals surface area contributed by atoms with Gasteiger partial charge < -0.3 is 19.9 Å². The molecule has 0 spiro atoms. The highest BCUT2D eigenvalue weighted by atomic mass is 16.5. The lowest BCUT2D eigenvalue weighted by molar-refractivity contribution is 0.00690. The summed E-state index contributed by atoms with van der Waals surface area (Å²) in [5, 5.41) is 12.6. The molecule has 0 amide bonds. The van der Waals surface area contributed by atoms with Crippen molar-refractivity contribution in [2.75, 3.05) is 33.5 Å². The Morgan fingerprint density at radius 1 is 1.35 bits per heavy atom. The smallest absolute Gasteiger partial charge is 0.0780 e. The van der Waals surface area contributed by atoms with E-state index in [4.69, 9.17) is 9.47 Å². The van der Waals surface area contributed by atoms with E-state index in [-0.39, 0.29) is 18.2 Å². The van der Waals surface area contributed by atoms with Crippen molar-refractivity contribution in [1.82, 2.24) is 5.32 Å². The lowest BCUT2D eigenvalue weighted by atomic mass is 9.96. The van der Waals surface area contributed by atoms with Gasteiger partial charge >= 0.3 is 0 Å². The van der Waals surface area contributed by atoms with E-state index in [9.17, 15) is 5.11 Å². The van der Waals surface area contributed by atoms with E-state index in [2.05, 4.69) is 19.2 Å². The van der Waals surface area contributed by atoms with E-state index >= 15 is 0 Å². The number of methoxy groups -OCH3 is 1. The number of likely N-dealkylation sites (N-methyl/N-ethyl adjacent to an activating group) is 1. The maximum absolute atomic E-state index is 9.32. The van der Waals surface area contributed by atoms with Crippen LogP contribution in [0.25, 0.3) is 0 Å². The third kappa shape index (κ3) is 8.55. The fourth-order valence-corrected chi connectivity index (χ4v) is 1.83. The normalized spacial score (nSPS) is 16.8. The van der Waals surface area contributed by atoms with Gasteiger partial charge in [-0.15, -0.1) is 0 Å². The van der Waals surface area contributed by atoms with Crippen molar-refractivity contribution in [2.24, 2.45) is 0 Å². The van der Waals surface area contributed by atoms with Crippen molar-refractivity contribution in [2.45, 2.75) is 51.7 Å². The Hall–Kier alpha value is -0.160. The summed E-state index contributed by atoms with van der Waals surface area (Å²) in [6.07, 6.45) is 3.22. The summed E-state index contributed by atoms with van der Waals surface area (Å²) in [5.74, 6) is 0. The molecule has 0 aromatic heterocycles. The molecular weight excluding hydrogens is 218 g/mol. The summed E-state index contributed by atoms with van der Waals surface area (Å²) >= 11 is 0. The molecule has 0 aromatic carbocycles. The Morgan fingerprint density at radius 3 is 2.59 bits per heavy atom. The first kappa shape index (κ1) is 16.8. The third-order valence-electron chi connectivity index (χ3n) is 2.88. The molecule has 4 heteroatoms. The molecule has 0 bridgehead atoms. The standard InChI is InChI=1S/C13H29NO3/c1-5-14-13(3,11-15)8-6-7-9-17-12(2)10-16-4/h12,14-15H,5-11H2,1-4H3. The highest BCUT2D eigenvalue weighted by Gasteiger charge is 2.20. The molecule has 0 saturated heterocycles. The monoisotopic (exact) mass is 247 g/mol. The summed E-state index contributed by atoms with van der Waals surface area (Å²) in [5.41, 5.74) is -0.146. The van der Waals surface area contributed by atoms with Crippen molar-refractivity contribution >= 4 is 0 Å². The molecule has 0 aliphatic rings. The van der Waals surface area contributed by atoms with E-state index in [0.29, 0.717) is 6.61 Å². The molecule has 2 atom stereocenters. The quantitative estimate of drug-likeness (QED) is 0.544. The largest absolute Gasteiger partial charge is 0.394 e. The summed E-state index contributed by atoms with van der Waals surface area (Å²) in [7, 11) is 1.68. The van der Waals surface area contributed by atoms with Crippen LogP contribution in [0.3, 0.4) is 0 Å². The zero-order valence-corrected chi connectivity index (χ0v) is 11.8. The minimum absolute atomic E-state index is 0.146.